The van der Waals surface area contributed by atoms with E-state index >= 15 is 0 Å². The highest BCUT2D eigenvalue weighted by Crippen LogP contribution is 2.32. The molecule has 0 unspecified atom stereocenters. The van der Waals surface area contributed by atoms with Crippen LogP contribution in [0.25, 0.3) is 16.6 Å². The number of rotatable bonds is 5. The van der Waals surface area contributed by atoms with Gasteiger partial charge in [0, 0.05) is 17.5 Å². The molecule has 0 aliphatic heterocycles. The van der Waals surface area contributed by atoms with Gasteiger partial charge < -0.3 is 14.8 Å². The fourth-order valence-corrected chi connectivity index (χ4v) is 3.56. The maximum atomic E-state index is 12.6. The number of amides is 1. The Morgan fingerprint density at radius 3 is 2.63 bits per heavy atom. The van der Waals surface area contributed by atoms with Crippen molar-refractivity contribution in [1.29, 1.82) is 0 Å². The zero-order valence-corrected chi connectivity index (χ0v) is 15.3. The fourth-order valence-electron chi connectivity index (χ4n) is 3.56. The zero-order valence-electron chi connectivity index (χ0n) is 15.3. The number of fused-ring (bicyclic) bond motifs is 3. The number of hydrogen-bond acceptors (Lipinski definition) is 6. The molecule has 1 N–H and O–H groups in total. The monoisotopic (exact) mass is 371 g/mol. The minimum Gasteiger partial charge on any atom is -0.493 e. The van der Waals surface area contributed by atoms with Crippen LogP contribution < -0.4 is 20.5 Å². The van der Waals surface area contributed by atoms with Crippen molar-refractivity contribution in [3.8, 4) is 11.5 Å². The molecular formula is C18H21N5O4. The molecule has 2 aromatic heterocycles. The Morgan fingerprint density at radius 2 is 1.93 bits per heavy atom. The van der Waals surface area contributed by atoms with Crippen molar-refractivity contribution in [2.45, 2.75) is 38.3 Å². The van der Waals surface area contributed by atoms with Gasteiger partial charge in [0.15, 0.2) is 17.1 Å². The molecule has 142 valence electrons. The van der Waals surface area contributed by atoms with Crippen LogP contribution in [0.5, 0.6) is 11.5 Å². The van der Waals surface area contributed by atoms with Crippen molar-refractivity contribution in [3.63, 3.8) is 0 Å². The summed E-state index contributed by atoms with van der Waals surface area (Å²) < 4.78 is 13.1. The lowest BCUT2D eigenvalue weighted by Gasteiger charge is -2.11. The number of nitrogens with zero attached hydrogens (tertiary/aromatic N) is 4. The molecule has 9 nitrogen and oxygen atoms in total. The highest BCUT2D eigenvalue weighted by Gasteiger charge is 2.19. The van der Waals surface area contributed by atoms with Crippen LogP contribution in [0.15, 0.2) is 23.3 Å². The third-order valence-corrected chi connectivity index (χ3v) is 4.94. The van der Waals surface area contributed by atoms with Gasteiger partial charge in [-0.05, 0) is 18.9 Å². The maximum absolute atomic E-state index is 12.6. The molecule has 1 aliphatic rings. The van der Waals surface area contributed by atoms with Gasteiger partial charge in [-0.25, -0.2) is 18.9 Å². The summed E-state index contributed by atoms with van der Waals surface area (Å²) in [5.41, 5.74) is 0.628. The number of benzene rings is 1. The number of ether oxygens (including phenoxy) is 2. The number of aromatic nitrogens is 4. The van der Waals surface area contributed by atoms with Crippen molar-refractivity contribution in [2.75, 3.05) is 14.2 Å². The van der Waals surface area contributed by atoms with Crippen LogP contribution in [0.2, 0.25) is 0 Å². The van der Waals surface area contributed by atoms with Crippen LogP contribution in [-0.4, -0.2) is 45.3 Å². The predicted molar refractivity (Wildman–Crippen MR) is 98.3 cm³/mol. The highest BCUT2D eigenvalue weighted by molar-refractivity contribution is 5.93. The molecule has 2 heterocycles. The molecule has 3 aromatic rings. The highest BCUT2D eigenvalue weighted by atomic mass is 16.5. The van der Waals surface area contributed by atoms with Gasteiger partial charge in [0.05, 0.1) is 19.7 Å². The predicted octanol–water partition coefficient (Wildman–Crippen LogP) is 1.12. The molecule has 1 aromatic carbocycles. The van der Waals surface area contributed by atoms with Gasteiger partial charge in [0.25, 0.3) is 0 Å². The topological polar surface area (TPSA) is 99.8 Å². The van der Waals surface area contributed by atoms with Gasteiger partial charge in [0.2, 0.25) is 5.91 Å². The van der Waals surface area contributed by atoms with E-state index < -0.39 is 5.69 Å². The minimum absolute atomic E-state index is 0.119. The summed E-state index contributed by atoms with van der Waals surface area (Å²) in [7, 11) is 3.08. The Morgan fingerprint density at radius 1 is 1.22 bits per heavy atom. The molecular weight excluding hydrogens is 350 g/mol. The van der Waals surface area contributed by atoms with E-state index in [0.717, 1.165) is 30.4 Å². The normalized spacial score (nSPS) is 14.7. The number of carbonyl (C=O) groups excluding carboxylic acids is 1. The molecule has 0 bridgehead atoms. The molecule has 0 spiro atoms. The molecule has 0 radical (unpaired) electrons. The fraction of sp³-hybridized carbons (Fsp3) is 0.444. The van der Waals surface area contributed by atoms with Gasteiger partial charge in [-0.1, -0.05) is 12.8 Å². The van der Waals surface area contributed by atoms with Crippen LogP contribution in [0, 0.1) is 0 Å². The second kappa shape index (κ2) is 6.90. The lowest BCUT2D eigenvalue weighted by atomic mass is 10.2. The first-order valence-corrected chi connectivity index (χ1v) is 8.90. The molecule has 0 saturated heterocycles. The molecule has 1 fully saturated rings. The molecule has 1 saturated carbocycles. The Kier molecular flexibility index (Phi) is 4.43. The van der Waals surface area contributed by atoms with E-state index in [1.54, 1.807) is 19.2 Å². The number of methoxy groups -OCH3 is 2. The SMILES string of the molecule is COc1cc2ncn3c(=O)n(CC(=O)NC4CCCC4)nc3c2cc1OC. The maximum Gasteiger partial charge on any atom is 0.352 e. The van der Waals surface area contributed by atoms with Gasteiger partial charge in [-0.3, -0.25) is 4.79 Å². The minimum atomic E-state index is -0.407. The van der Waals surface area contributed by atoms with E-state index in [2.05, 4.69) is 15.4 Å². The van der Waals surface area contributed by atoms with Crippen molar-refractivity contribution >= 4 is 22.5 Å². The summed E-state index contributed by atoms with van der Waals surface area (Å²) in [4.78, 5) is 29.2. The second-order valence-electron chi connectivity index (χ2n) is 6.65. The van der Waals surface area contributed by atoms with Gasteiger partial charge in [0.1, 0.15) is 12.9 Å². The summed E-state index contributed by atoms with van der Waals surface area (Å²) in [5.74, 6) is 0.851. The first-order chi connectivity index (χ1) is 13.1. The first-order valence-electron chi connectivity index (χ1n) is 8.90. The molecule has 1 amide bonds. The Labute approximate surface area is 154 Å². The quantitative estimate of drug-likeness (QED) is 0.721. The van der Waals surface area contributed by atoms with E-state index in [-0.39, 0.29) is 18.5 Å². The van der Waals surface area contributed by atoms with E-state index in [4.69, 9.17) is 9.47 Å². The molecule has 1 aliphatic carbocycles. The zero-order chi connectivity index (χ0) is 19.0. The largest absolute Gasteiger partial charge is 0.493 e. The van der Waals surface area contributed by atoms with Crippen LogP contribution in [0.1, 0.15) is 25.7 Å². The average molecular weight is 371 g/mol. The smallest absolute Gasteiger partial charge is 0.352 e. The van der Waals surface area contributed by atoms with Crippen LogP contribution in [-0.2, 0) is 11.3 Å². The Bertz CT molecular complexity index is 1060. The second-order valence-corrected chi connectivity index (χ2v) is 6.65. The van der Waals surface area contributed by atoms with Gasteiger partial charge in [-0.2, -0.15) is 0 Å². The average Bonchev–Trinajstić information content (AvgIpc) is 3.29. The molecule has 27 heavy (non-hydrogen) atoms. The standard InChI is InChI=1S/C18H21N5O4/c1-26-14-7-12-13(8-15(14)27-2)19-10-22-17(12)21-23(18(22)25)9-16(24)20-11-5-3-4-6-11/h7-8,10-11H,3-6,9H2,1-2H3,(H,20,24). The summed E-state index contributed by atoms with van der Waals surface area (Å²) in [6.45, 7) is -0.119. The van der Waals surface area contributed by atoms with Gasteiger partial charge in [-0.15, -0.1) is 5.10 Å². The first kappa shape index (κ1) is 17.3. The number of carbonyl (C=O) groups is 1. The van der Waals surface area contributed by atoms with Gasteiger partial charge >= 0.3 is 5.69 Å². The summed E-state index contributed by atoms with van der Waals surface area (Å²) in [5, 5.41) is 7.97. The third-order valence-electron chi connectivity index (χ3n) is 4.94. The van der Waals surface area contributed by atoms with Crippen LogP contribution in [0.3, 0.4) is 0 Å². The molecule has 9 heteroatoms. The Hall–Kier alpha value is -3.10. The number of nitrogens with one attached hydrogen (secondary N) is 1. The summed E-state index contributed by atoms with van der Waals surface area (Å²) >= 11 is 0. The molecule has 0 atom stereocenters. The van der Waals surface area contributed by atoms with E-state index in [1.807, 2.05) is 0 Å². The van der Waals surface area contributed by atoms with Crippen LogP contribution in [0.4, 0.5) is 0 Å². The van der Waals surface area contributed by atoms with Crippen LogP contribution >= 0.6 is 0 Å². The van der Waals surface area contributed by atoms with Crippen molar-refractivity contribution in [3.05, 3.63) is 28.9 Å². The van der Waals surface area contributed by atoms with Crippen molar-refractivity contribution < 1.29 is 14.3 Å². The van der Waals surface area contributed by atoms with E-state index in [0.29, 0.717) is 28.0 Å². The van der Waals surface area contributed by atoms with Crippen molar-refractivity contribution in [1.82, 2.24) is 24.5 Å². The van der Waals surface area contributed by atoms with E-state index in [1.165, 1.54) is 17.8 Å². The lowest BCUT2D eigenvalue weighted by molar-refractivity contribution is -0.122. The third kappa shape index (κ3) is 3.09. The van der Waals surface area contributed by atoms with E-state index in [9.17, 15) is 9.59 Å². The summed E-state index contributed by atoms with van der Waals surface area (Å²) in [6.07, 6.45) is 5.64. The lowest BCUT2D eigenvalue weighted by Crippen LogP contribution is -2.37. The molecule has 4 rings (SSSR count). The summed E-state index contributed by atoms with van der Waals surface area (Å²) in [6, 6.07) is 3.65. The number of hydrogen-bond donors (Lipinski definition) is 1. The van der Waals surface area contributed by atoms with Crippen molar-refractivity contribution in [2.24, 2.45) is 0 Å². The Balaban J connectivity index is 1.72.